The molecule has 0 amide bonds. The number of esters is 1. The van der Waals surface area contributed by atoms with Gasteiger partial charge < -0.3 is 4.74 Å². The standard InChI is InChI=1S/C38H76O2/c1-3-5-7-9-11-13-15-17-19-20-21-23-25-27-29-31-33-35-37-40-38(39)36-34-32-30-28-26-24-22-18-16-14-12-10-8-6-4-2/h3-37H2,1-2H3. The van der Waals surface area contributed by atoms with Gasteiger partial charge in [-0.15, -0.1) is 0 Å². The third kappa shape index (κ3) is 35.5. The van der Waals surface area contributed by atoms with Crippen LogP contribution < -0.4 is 0 Å². The van der Waals surface area contributed by atoms with Gasteiger partial charge in [0, 0.05) is 6.42 Å². The van der Waals surface area contributed by atoms with Gasteiger partial charge in [-0.1, -0.05) is 213 Å². The number of ether oxygens (including phenoxy) is 1. The average molecular weight is 565 g/mol. The molecule has 0 aromatic carbocycles. The minimum atomic E-state index is 0.0293. The van der Waals surface area contributed by atoms with Crippen LogP contribution in [0.3, 0.4) is 0 Å². The summed E-state index contributed by atoms with van der Waals surface area (Å²) >= 11 is 0. The summed E-state index contributed by atoms with van der Waals surface area (Å²) in [5, 5.41) is 0. The molecule has 0 aliphatic heterocycles. The van der Waals surface area contributed by atoms with Crippen LogP contribution in [0.2, 0.25) is 0 Å². The average Bonchev–Trinajstić information content (AvgIpc) is 2.96. The highest BCUT2D eigenvalue weighted by Gasteiger charge is 2.03. The fourth-order valence-corrected chi connectivity index (χ4v) is 5.90. The van der Waals surface area contributed by atoms with Crippen molar-refractivity contribution in [2.75, 3.05) is 6.61 Å². The minimum absolute atomic E-state index is 0.0293. The van der Waals surface area contributed by atoms with Crippen molar-refractivity contribution >= 4 is 5.97 Å². The highest BCUT2D eigenvalue weighted by atomic mass is 16.5. The van der Waals surface area contributed by atoms with Crippen LogP contribution in [0.5, 0.6) is 0 Å². The van der Waals surface area contributed by atoms with E-state index >= 15 is 0 Å². The number of carbonyl (C=O) groups is 1. The van der Waals surface area contributed by atoms with Crippen LogP contribution in [-0.4, -0.2) is 12.6 Å². The Labute approximate surface area is 254 Å². The quantitative estimate of drug-likeness (QED) is 0.0565. The second-order valence-corrected chi connectivity index (χ2v) is 12.9. The van der Waals surface area contributed by atoms with Gasteiger partial charge in [-0.3, -0.25) is 4.79 Å². The van der Waals surface area contributed by atoms with Gasteiger partial charge in [-0.25, -0.2) is 0 Å². The summed E-state index contributed by atoms with van der Waals surface area (Å²) in [6, 6.07) is 0. The summed E-state index contributed by atoms with van der Waals surface area (Å²) in [6.45, 7) is 5.22. The molecule has 240 valence electrons. The van der Waals surface area contributed by atoms with Crippen molar-refractivity contribution in [3.05, 3.63) is 0 Å². The van der Waals surface area contributed by atoms with E-state index in [0.29, 0.717) is 13.0 Å². The zero-order chi connectivity index (χ0) is 29.0. The number of hydrogen-bond donors (Lipinski definition) is 0. The zero-order valence-electron chi connectivity index (χ0n) is 28.1. The topological polar surface area (TPSA) is 26.3 Å². The van der Waals surface area contributed by atoms with Crippen molar-refractivity contribution in [2.24, 2.45) is 0 Å². The van der Waals surface area contributed by atoms with Gasteiger partial charge in [-0.2, -0.15) is 0 Å². The first-order chi connectivity index (χ1) is 19.8. The van der Waals surface area contributed by atoms with Gasteiger partial charge in [0.25, 0.3) is 0 Å². The first-order valence-corrected chi connectivity index (χ1v) is 19.0. The summed E-state index contributed by atoms with van der Waals surface area (Å²) in [5.41, 5.74) is 0. The Morgan fingerprint density at radius 2 is 0.550 bits per heavy atom. The lowest BCUT2D eigenvalue weighted by atomic mass is 10.0. The molecule has 0 saturated heterocycles. The van der Waals surface area contributed by atoms with Gasteiger partial charge in [0.1, 0.15) is 0 Å². The van der Waals surface area contributed by atoms with Crippen LogP contribution in [0.15, 0.2) is 0 Å². The number of carbonyl (C=O) groups excluding carboxylic acids is 1. The lowest BCUT2D eigenvalue weighted by Gasteiger charge is -2.06. The Morgan fingerprint density at radius 1 is 0.325 bits per heavy atom. The van der Waals surface area contributed by atoms with Crippen LogP contribution in [0.1, 0.15) is 232 Å². The normalized spacial score (nSPS) is 11.3. The van der Waals surface area contributed by atoms with E-state index in [1.54, 1.807) is 0 Å². The molecule has 0 spiro atoms. The van der Waals surface area contributed by atoms with Gasteiger partial charge in [0.15, 0.2) is 0 Å². The molecule has 0 atom stereocenters. The molecule has 0 radical (unpaired) electrons. The molecule has 0 unspecified atom stereocenters. The van der Waals surface area contributed by atoms with E-state index in [9.17, 15) is 4.79 Å². The molecule has 0 saturated carbocycles. The van der Waals surface area contributed by atoms with E-state index in [1.807, 2.05) is 0 Å². The first-order valence-electron chi connectivity index (χ1n) is 19.0. The lowest BCUT2D eigenvalue weighted by molar-refractivity contribution is -0.143. The number of rotatable bonds is 35. The lowest BCUT2D eigenvalue weighted by Crippen LogP contribution is -2.05. The molecule has 0 heterocycles. The summed E-state index contributed by atoms with van der Waals surface area (Å²) in [7, 11) is 0. The van der Waals surface area contributed by atoms with Crippen molar-refractivity contribution in [2.45, 2.75) is 232 Å². The Morgan fingerprint density at radius 3 is 0.825 bits per heavy atom. The Hall–Kier alpha value is -0.530. The van der Waals surface area contributed by atoms with Gasteiger partial charge in [-0.05, 0) is 12.8 Å². The smallest absolute Gasteiger partial charge is 0.305 e. The van der Waals surface area contributed by atoms with Gasteiger partial charge >= 0.3 is 5.97 Å². The van der Waals surface area contributed by atoms with Crippen LogP contribution in [-0.2, 0) is 9.53 Å². The van der Waals surface area contributed by atoms with Gasteiger partial charge in [0.2, 0.25) is 0 Å². The van der Waals surface area contributed by atoms with Crippen LogP contribution in [0.4, 0.5) is 0 Å². The molecule has 0 rings (SSSR count). The molecule has 40 heavy (non-hydrogen) atoms. The molecule has 0 aliphatic rings. The highest BCUT2D eigenvalue weighted by Crippen LogP contribution is 2.16. The SMILES string of the molecule is CCCCCCCCCCCCCCCCCCCCOC(=O)CCCCCCCCCCCCCCCCC. The summed E-state index contributed by atoms with van der Waals surface area (Å²) < 4.78 is 5.45. The van der Waals surface area contributed by atoms with Crippen LogP contribution in [0, 0.1) is 0 Å². The molecule has 0 bridgehead atoms. The molecule has 0 aromatic rings. The molecule has 0 N–H and O–H groups in total. The summed E-state index contributed by atoms with van der Waals surface area (Å²) in [6.07, 6.45) is 46.0. The zero-order valence-corrected chi connectivity index (χ0v) is 28.1. The monoisotopic (exact) mass is 565 g/mol. The Kier molecular flexibility index (Phi) is 36.0. The largest absolute Gasteiger partial charge is 0.466 e. The second kappa shape index (κ2) is 36.5. The third-order valence-electron chi connectivity index (χ3n) is 8.75. The van der Waals surface area contributed by atoms with Crippen molar-refractivity contribution in [1.82, 2.24) is 0 Å². The maximum Gasteiger partial charge on any atom is 0.305 e. The van der Waals surface area contributed by atoms with Crippen LogP contribution in [0.25, 0.3) is 0 Å². The second-order valence-electron chi connectivity index (χ2n) is 12.9. The molecule has 2 nitrogen and oxygen atoms in total. The maximum atomic E-state index is 11.9. The fraction of sp³-hybridized carbons (Fsp3) is 0.974. The van der Waals surface area contributed by atoms with E-state index in [4.69, 9.17) is 4.74 Å². The van der Waals surface area contributed by atoms with E-state index in [0.717, 1.165) is 12.8 Å². The molecular formula is C38H76O2. The maximum absolute atomic E-state index is 11.9. The minimum Gasteiger partial charge on any atom is -0.466 e. The third-order valence-corrected chi connectivity index (χ3v) is 8.75. The molecular weight excluding hydrogens is 488 g/mol. The summed E-state index contributed by atoms with van der Waals surface area (Å²) in [5.74, 6) is 0.0293. The van der Waals surface area contributed by atoms with E-state index in [1.165, 1.54) is 199 Å². The number of unbranched alkanes of at least 4 members (excludes halogenated alkanes) is 31. The Balaban J connectivity index is 3.14. The van der Waals surface area contributed by atoms with E-state index < -0.39 is 0 Å². The van der Waals surface area contributed by atoms with Crippen molar-refractivity contribution in [3.8, 4) is 0 Å². The number of hydrogen-bond acceptors (Lipinski definition) is 2. The molecule has 0 fully saturated rings. The molecule has 2 heteroatoms. The van der Waals surface area contributed by atoms with Crippen molar-refractivity contribution in [3.63, 3.8) is 0 Å². The molecule has 0 aliphatic carbocycles. The van der Waals surface area contributed by atoms with Gasteiger partial charge in [0.05, 0.1) is 6.61 Å². The van der Waals surface area contributed by atoms with E-state index in [2.05, 4.69) is 13.8 Å². The first kappa shape index (κ1) is 39.5. The van der Waals surface area contributed by atoms with E-state index in [-0.39, 0.29) is 5.97 Å². The summed E-state index contributed by atoms with van der Waals surface area (Å²) in [4.78, 5) is 11.9. The molecule has 0 aromatic heterocycles. The highest BCUT2D eigenvalue weighted by molar-refractivity contribution is 5.69. The fourth-order valence-electron chi connectivity index (χ4n) is 5.90. The Bertz CT molecular complexity index is 460. The predicted octanol–water partition coefficient (Wildman–Crippen LogP) is 13.8. The predicted molar refractivity (Wildman–Crippen MR) is 179 cm³/mol. The van der Waals surface area contributed by atoms with Crippen molar-refractivity contribution in [1.29, 1.82) is 0 Å². The van der Waals surface area contributed by atoms with Crippen molar-refractivity contribution < 1.29 is 9.53 Å². The van der Waals surface area contributed by atoms with Crippen LogP contribution >= 0.6 is 0 Å².